The first-order valence-corrected chi connectivity index (χ1v) is 5.81. The SMILES string of the molecule is [SiH3][C]1([PoH])CCCCO1. The van der Waals surface area contributed by atoms with Crippen LogP contribution in [0, 0.1) is 0 Å². The molecule has 0 aromatic rings. The minimum absolute atomic E-state index is 0.429. The van der Waals surface area contributed by atoms with Crippen LogP contribution in [0.15, 0.2) is 0 Å². The summed E-state index contributed by atoms with van der Waals surface area (Å²) in [6.45, 7) is 1.03. The topological polar surface area (TPSA) is 9.23 Å². The van der Waals surface area contributed by atoms with E-state index in [1.54, 1.807) is 0 Å². The van der Waals surface area contributed by atoms with Crippen molar-refractivity contribution < 1.29 is 4.74 Å². The second-order valence-electron chi connectivity index (χ2n) is 2.48. The van der Waals surface area contributed by atoms with Crippen molar-refractivity contribution >= 4 is 35.3 Å². The van der Waals surface area contributed by atoms with E-state index in [1.807, 2.05) is 0 Å². The predicted molar refractivity (Wildman–Crippen MR) is 39.6 cm³/mol. The van der Waals surface area contributed by atoms with E-state index in [4.69, 9.17) is 4.74 Å². The van der Waals surface area contributed by atoms with Gasteiger partial charge < -0.3 is 0 Å². The summed E-state index contributed by atoms with van der Waals surface area (Å²) < 4.78 is 6.01. The van der Waals surface area contributed by atoms with Crippen LogP contribution in [-0.2, 0) is 4.74 Å². The van der Waals surface area contributed by atoms with Gasteiger partial charge in [-0.1, -0.05) is 0 Å². The second kappa shape index (κ2) is 2.77. The normalized spacial score (nSPS) is 40.1. The van der Waals surface area contributed by atoms with Crippen molar-refractivity contribution in [3.05, 3.63) is 0 Å². The maximum absolute atomic E-state index is 5.58. The molecule has 1 rings (SSSR count). The zero-order valence-corrected chi connectivity index (χ0v) is 10.7. The van der Waals surface area contributed by atoms with Crippen LogP contribution in [0.2, 0.25) is 0 Å². The molecule has 1 aliphatic rings. The Morgan fingerprint density at radius 1 is 1.50 bits per heavy atom. The van der Waals surface area contributed by atoms with E-state index in [2.05, 4.69) is 0 Å². The molecule has 8 heavy (non-hydrogen) atoms. The standard InChI is InChI=1S/C5H11OSi.Po.H/c7-5-3-1-2-4-6-5;;/h1-4H2,7H3;;. The van der Waals surface area contributed by atoms with Gasteiger partial charge in [-0.15, -0.1) is 0 Å². The van der Waals surface area contributed by atoms with Crippen molar-refractivity contribution in [3.8, 4) is 0 Å². The van der Waals surface area contributed by atoms with E-state index >= 15 is 0 Å². The average molecular weight is 325 g/mol. The summed E-state index contributed by atoms with van der Waals surface area (Å²) in [4.78, 5) is 0. The number of hydrogen-bond donors (Lipinski definition) is 0. The third-order valence-electron chi connectivity index (χ3n) is 1.45. The van der Waals surface area contributed by atoms with Crippen LogP contribution in [0.5, 0.6) is 0 Å². The minimum atomic E-state index is 0.429. The van der Waals surface area contributed by atoms with Gasteiger partial charge in [0.2, 0.25) is 0 Å². The maximum atomic E-state index is 5.58. The third kappa shape index (κ3) is 2.13. The van der Waals surface area contributed by atoms with Crippen LogP contribution >= 0.6 is 0 Å². The van der Waals surface area contributed by atoms with Gasteiger partial charge in [-0.3, -0.25) is 0 Å². The Balaban J connectivity index is 2.33. The molecule has 0 aromatic carbocycles. The predicted octanol–water partition coefficient (Wildman–Crippen LogP) is -0.893. The fourth-order valence-corrected chi connectivity index (χ4v) is 2.45. The summed E-state index contributed by atoms with van der Waals surface area (Å²) in [6, 6.07) is 0. The Labute approximate surface area is 68.7 Å². The van der Waals surface area contributed by atoms with Crippen molar-refractivity contribution in [2.24, 2.45) is 0 Å². The van der Waals surface area contributed by atoms with Crippen LogP contribution in [0.4, 0.5) is 0 Å². The molecule has 1 unspecified atom stereocenters. The van der Waals surface area contributed by atoms with Crippen molar-refractivity contribution in [2.45, 2.75) is 22.1 Å². The van der Waals surface area contributed by atoms with Crippen LogP contribution < -0.4 is 0 Å². The van der Waals surface area contributed by atoms with Crippen molar-refractivity contribution in [2.75, 3.05) is 6.61 Å². The van der Waals surface area contributed by atoms with Crippen LogP contribution in [0.25, 0.3) is 0 Å². The fourth-order valence-electron chi connectivity index (χ4n) is 0.919. The summed E-state index contributed by atoms with van der Waals surface area (Å²) in [7, 11) is 1.24. The molecule has 0 aliphatic carbocycles. The van der Waals surface area contributed by atoms with E-state index in [0.717, 1.165) is 6.61 Å². The Kier molecular flexibility index (Phi) is 2.49. The molecule has 1 fully saturated rings. The van der Waals surface area contributed by atoms with Gasteiger partial charge in [-0.25, -0.2) is 0 Å². The summed E-state index contributed by atoms with van der Waals surface area (Å²) in [5.41, 5.74) is 0. The molecule has 0 amide bonds. The Morgan fingerprint density at radius 2 is 2.25 bits per heavy atom. The van der Waals surface area contributed by atoms with Gasteiger partial charge in [0.05, 0.1) is 0 Å². The molecule has 0 N–H and O–H groups in total. The fraction of sp³-hybridized carbons (Fsp3) is 1.00. The van der Waals surface area contributed by atoms with Gasteiger partial charge in [0.15, 0.2) is 0 Å². The summed E-state index contributed by atoms with van der Waals surface area (Å²) >= 11 is 1.44. The van der Waals surface area contributed by atoms with Crippen molar-refractivity contribution in [1.82, 2.24) is 0 Å². The van der Waals surface area contributed by atoms with Crippen LogP contribution in [0.3, 0.4) is 0 Å². The molecular formula is C5H12OPoSi. The Bertz CT molecular complexity index is 76.5. The average Bonchev–Trinajstić information content (AvgIpc) is 1.65. The molecule has 0 spiro atoms. The number of ether oxygens (including phenoxy) is 1. The van der Waals surface area contributed by atoms with Crippen molar-refractivity contribution in [1.29, 1.82) is 0 Å². The molecule has 1 saturated heterocycles. The zero-order valence-electron chi connectivity index (χ0n) is 5.18. The molecule has 1 nitrogen and oxygen atoms in total. The Morgan fingerprint density at radius 3 is 2.50 bits per heavy atom. The van der Waals surface area contributed by atoms with Gasteiger partial charge in [0.25, 0.3) is 0 Å². The van der Waals surface area contributed by atoms with Gasteiger partial charge in [0, 0.05) is 0 Å². The summed E-state index contributed by atoms with van der Waals surface area (Å²) in [6.07, 6.45) is 4.04. The van der Waals surface area contributed by atoms with Gasteiger partial charge in [0.1, 0.15) is 0 Å². The molecule has 1 atom stereocenters. The molecule has 3 heteroatoms. The second-order valence-corrected chi connectivity index (χ2v) is 11.2. The zero-order chi connectivity index (χ0) is 6.04. The molecule has 0 bridgehead atoms. The van der Waals surface area contributed by atoms with Gasteiger partial charge in [-0.2, -0.15) is 0 Å². The molecule has 0 radical (unpaired) electrons. The monoisotopic (exact) mass is 325 g/mol. The first kappa shape index (κ1) is 7.18. The summed E-state index contributed by atoms with van der Waals surface area (Å²) in [5.74, 6) is 0. The Hall–Kier alpha value is 1.07. The first-order valence-electron chi connectivity index (χ1n) is 3.07. The van der Waals surface area contributed by atoms with E-state index in [9.17, 15) is 0 Å². The molecule has 1 aliphatic heterocycles. The van der Waals surface area contributed by atoms with E-state index in [-0.39, 0.29) is 0 Å². The van der Waals surface area contributed by atoms with E-state index in [1.165, 1.54) is 54.6 Å². The van der Waals surface area contributed by atoms with Crippen molar-refractivity contribution in [3.63, 3.8) is 0 Å². The first-order chi connectivity index (χ1) is 3.71. The molecule has 48 valence electrons. The van der Waals surface area contributed by atoms with E-state index < -0.39 is 0 Å². The van der Waals surface area contributed by atoms with Crippen LogP contribution in [0.1, 0.15) is 19.3 Å². The summed E-state index contributed by atoms with van der Waals surface area (Å²) in [5, 5.41) is 0. The van der Waals surface area contributed by atoms with Crippen LogP contribution in [-0.4, -0.2) is 44.8 Å². The van der Waals surface area contributed by atoms with Gasteiger partial charge in [-0.05, 0) is 0 Å². The quantitative estimate of drug-likeness (QED) is 0.525. The van der Waals surface area contributed by atoms with E-state index in [0.29, 0.717) is 2.88 Å². The molecule has 0 saturated carbocycles. The number of rotatable bonds is 0. The third-order valence-corrected chi connectivity index (χ3v) is 3.61. The van der Waals surface area contributed by atoms with Gasteiger partial charge >= 0.3 is 68.8 Å². The number of hydrogen-bond acceptors (Lipinski definition) is 1. The molecule has 0 aromatic heterocycles. The molecule has 1 heterocycles. The molecular weight excluding hydrogens is 313 g/mol.